The molecule has 1 aromatic heterocycles. The molecule has 2 fully saturated rings. The Morgan fingerprint density at radius 3 is 2.38 bits per heavy atom. The van der Waals surface area contributed by atoms with Gasteiger partial charge in [0.1, 0.15) is 0 Å². The van der Waals surface area contributed by atoms with Crippen LogP contribution >= 0.6 is 24.8 Å². The van der Waals surface area contributed by atoms with Crippen molar-refractivity contribution in [1.29, 1.82) is 0 Å². The molecule has 0 amide bonds. The van der Waals surface area contributed by atoms with Crippen molar-refractivity contribution in [3.8, 4) is 5.75 Å². The zero-order chi connectivity index (χ0) is 16.7. The van der Waals surface area contributed by atoms with Crippen LogP contribution in [0.15, 0.2) is 36.7 Å². The van der Waals surface area contributed by atoms with E-state index >= 15 is 0 Å². The Morgan fingerprint density at radius 2 is 1.73 bits per heavy atom. The van der Waals surface area contributed by atoms with E-state index in [1.54, 1.807) is 19.5 Å². The molecule has 0 unspecified atom stereocenters. The Morgan fingerprint density at radius 1 is 1.04 bits per heavy atom. The molecule has 3 atom stereocenters. The Labute approximate surface area is 167 Å². The summed E-state index contributed by atoms with van der Waals surface area (Å²) in [6.07, 6.45) is 3.50. The number of ether oxygens (including phenoxy) is 1. The molecule has 0 N–H and O–H groups in total. The quantitative estimate of drug-likeness (QED) is 0.795. The third-order valence-corrected chi connectivity index (χ3v) is 5.53. The fourth-order valence-electron chi connectivity index (χ4n) is 4.39. The molecule has 1 aromatic carbocycles. The van der Waals surface area contributed by atoms with Gasteiger partial charge in [0.2, 0.25) is 5.95 Å². The lowest BCUT2D eigenvalue weighted by Crippen LogP contribution is -2.30. The molecule has 4 rings (SSSR count). The van der Waals surface area contributed by atoms with E-state index in [-0.39, 0.29) is 24.8 Å². The highest BCUT2D eigenvalue weighted by Crippen LogP contribution is 2.45. The number of likely N-dealkylation sites (tertiary alicyclic amines) is 1. The smallest absolute Gasteiger partial charge is 0.225 e. The standard InChI is InChI=1S/C19H24N4O.2ClH/c1-13-6-4-5-7-16(13)18-17-12-23(11-14(17)10-22(18)2)19-20-8-15(24-3)9-21-19;;/h4-9,14,17-18H,10-12H2,1-3H3;2*1H/t14-,17+,18-;;/m0../s1. The first-order chi connectivity index (χ1) is 11.7. The van der Waals surface area contributed by atoms with Crippen molar-refractivity contribution < 1.29 is 4.74 Å². The van der Waals surface area contributed by atoms with Gasteiger partial charge in [-0.05, 0) is 31.0 Å². The summed E-state index contributed by atoms with van der Waals surface area (Å²) in [7, 11) is 3.89. The molecule has 3 heterocycles. The third-order valence-electron chi connectivity index (χ3n) is 5.53. The van der Waals surface area contributed by atoms with Crippen molar-refractivity contribution >= 4 is 30.8 Å². The van der Waals surface area contributed by atoms with Gasteiger partial charge in [0.05, 0.1) is 19.5 Å². The molecule has 5 nitrogen and oxygen atoms in total. The third kappa shape index (κ3) is 3.61. The van der Waals surface area contributed by atoms with Crippen molar-refractivity contribution in [2.24, 2.45) is 11.8 Å². The first-order valence-electron chi connectivity index (χ1n) is 8.54. The van der Waals surface area contributed by atoms with Crippen LogP contribution in [0.4, 0.5) is 5.95 Å². The highest BCUT2D eigenvalue weighted by atomic mass is 35.5. The highest BCUT2D eigenvalue weighted by Gasteiger charge is 2.46. The zero-order valence-corrected chi connectivity index (χ0v) is 17.0. The van der Waals surface area contributed by atoms with E-state index in [1.807, 2.05) is 0 Å². The van der Waals surface area contributed by atoms with E-state index in [2.05, 4.69) is 58.0 Å². The number of hydrogen-bond acceptors (Lipinski definition) is 5. The molecule has 7 heteroatoms. The Bertz CT molecular complexity index is 728. The first-order valence-corrected chi connectivity index (χ1v) is 8.54. The molecule has 142 valence electrons. The van der Waals surface area contributed by atoms with E-state index in [4.69, 9.17) is 4.74 Å². The maximum Gasteiger partial charge on any atom is 0.225 e. The molecule has 2 aliphatic rings. The summed E-state index contributed by atoms with van der Waals surface area (Å²) in [5, 5.41) is 0. The molecule has 0 saturated carbocycles. The zero-order valence-electron chi connectivity index (χ0n) is 15.3. The van der Waals surface area contributed by atoms with Crippen molar-refractivity contribution in [3.63, 3.8) is 0 Å². The molecule has 0 spiro atoms. The largest absolute Gasteiger partial charge is 0.494 e. The Kier molecular flexibility index (Phi) is 6.72. The van der Waals surface area contributed by atoms with Crippen molar-refractivity contribution in [3.05, 3.63) is 47.8 Å². The summed E-state index contributed by atoms with van der Waals surface area (Å²) < 4.78 is 5.16. The highest BCUT2D eigenvalue weighted by molar-refractivity contribution is 5.85. The van der Waals surface area contributed by atoms with Gasteiger partial charge >= 0.3 is 0 Å². The van der Waals surface area contributed by atoms with Crippen LogP contribution in [0.25, 0.3) is 0 Å². The van der Waals surface area contributed by atoms with Crippen LogP contribution in [0.5, 0.6) is 5.75 Å². The number of anilines is 1. The second-order valence-corrected chi connectivity index (χ2v) is 6.99. The fraction of sp³-hybridized carbons (Fsp3) is 0.474. The van der Waals surface area contributed by atoms with Crippen molar-refractivity contribution in [1.82, 2.24) is 14.9 Å². The van der Waals surface area contributed by atoms with Gasteiger partial charge < -0.3 is 9.64 Å². The fourth-order valence-corrected chi connectivity index (χ4v) is 4.39. The molecular weight excluding hydrogens is 371 g/mol. The number of rotatable bonds is 3. The van der Waals surface area contributed by atoms with E-state index in [0.29, 0.717) is 23.6 Å². The average molecular weight is 397 g/mol. The van der Waals surface area contributed by atoms with E-state index in [1.165, 1.54) is 11.1 Å². The summed E-state index contributed by atoms with van der Waals surface area (Å²) in [6.45, 7) is 5.40. The van der Waals surface area contributed by atoms with Gasteiger partial charge in [0.15, 0.2) is 5.75 Å². The SMILES string of the molecule is COc1cnc(N2C[C@@H]3CN(C)[C@@H](c4ccccc4C)[C@@H]3C2)nc1.Cl.Cl. The van der Waals surface area contributed by atoms with Crippen LogP contribution in [-0.4, -0.2) is 48.7 Å². The topological polar surface area (TPSA) is 41.5 Å². The Balaban J connectivity index is 0.00000121. The normalized spacial score (nSPS) is 24.6. The second-order valence-electron chi connectivity index (χ2n) is 6.99. The van der Waals surface area contributed by atoms with Crippen LogP contribution in [0.3, 0.4) is 0 Å². The van der Waals surface area contributed by atoms with Gasteiger partial charge in [0.25, 0.3) is 0 Å². The minimum Gasteiger partial charge on any atom is -0.494 e. The number of nitrogens with zero attached hydrogens (tertiary/aromatic N) is 4. The number of aromatic nitrogens is 2. The number of hydrogen-bond donors (Lipinski definition) is 0. The lowest BCUT2D eigenvalue weighted by molar-refractivity contribution is 0.278. The van der Waals surface area contributed by atoms with Gasteiger partial charge in [-0.1, -0.05) is 24.3 Å². The van der Waals surface area contributed by atoms with Crippen molar-refractivity contribution in [2.45, 2.75) is 13.0 Å². The number of benzene rings is 1. The lowest BCUT2D eigenvalue weighted by atomic mass is 9.88. The summed E-state index contributed by atoms with van der Waals surface area (Å²) in [5.74, 6) is 2.82. The molecule has 26 heavy (non-hydrogen) atoms. The molecule has 2 aliphatic heterocycles. The molecule has 2 saturated heterocycles. The number of fused-ring (bicyclic) bond motifs is 1. The first kappa shape index (κ1) is 20.7. The second kappa shape index (κ2) is 8.42. The van der Waals surface area contributed by atoms with Gasteiger partial charge in [-0.3, -0.25) is 4.90 Å². The van der Waals surface area contributed by atoms with Gasteiger partial charge in [0, 0.05) is 31.6 Å². The molecule has 2 aromatic rings. The van der Waals surface area contributed by atoms with E-state index in [9.17, 15) is 0 Å². The summed E-state index contributed by atoms with van der Waals surface area (Å²) in [6, 6.07) is 9.26. The summed E-state index contributed by atoms with van der Waals surface area (Å²) in [4.78, 5) is 13.8. The van der Waals surface area contributed by atoms with E-state index < -0.39 is 0 Å². The van der Waals surface area contributed by atoms with Gasteiger partial charge in [-0.15, -0.1) is 24.8 Å². The molecular formula is C19H26Cl2N4O. The minimum atomic E-state index is 0. The van der Waals surface area contributed by atoms with E-state index in [0.717, 1.165) is 25.6 Å². The van der Waals surface area contributed by atoms with Gasteiger partial charge in [-0.2, -0.15) is 0 Å². The van der Waals surface area contributed by atoms with Crippen molar-refractivity contribution in [2.75, 3.05) is 38.7 Å². The van der Waals surface area contributed by atoms with Crippen LogP contribution < -0.4 is 9.64 Å². The maximum atomic E-state index is 5.16. The number of aryl methyl sites for hydroxylation is 1. The number of halogens is 2. The molecule has 0 bridgehead atoms. The van der Waals surface area contributed by atoms with Crippen LogP contribution in [0, 0.1) is 18.8 Å². The lowest BCUT2D eigenvalue weighted by Gasteiger charge is -2.28. The summed E-state index contributed by atoms with van der Waals surface area (Å²) in [5.41, 5.74) is 2.85. The van der Waals surface area contributed by atoms with Crippen LogP contribution in [-0.2, 0) is 0 Å². The predicted octanol–water partition coefficient (Wildman–Crippen LogP) is 3.38. The number of methoxy groups -OCH3 is 1. The predicted molar refractivity (Wildman–Crippen MR) is 109 cm³/mol. The monoisotopic (exact) mass is 396 g/mol. The van der Waals surface area contributed by atoms with Gasteiger partial charge in [-0.25, -0.2) is 9.97 Å². The molecule has 0 radical (unpaired) electrons. The Hall–Kier alpha value is -1.56. The average Bonchev–Trinajstić information content (AvgIpc) is 3.12. The maximum absolute atomic E-state index is 5.16. The minimum absolute atomic E-state index is 0. The van der Waals surface area contributed by atoms with Crippen LogP contribution in [0.2, 0.25) is 0 Å². The summed E-state index contributed by atoms with van der Waals surface area (Å²) >= 11 is 0. The molecule has 0 aliphatic carbocycles. The van der Waals surface area contributed by atoms with Crippen LogP contribution in [0.1, 0.15) is 17.2 Å².